The van der Waals surface area contributed by atoms with Crippen LogP contribution in [0.5, 0.6) is 0 Å². The van der Waals surface area contributed by atoms with Gasteiger partial charge in [0.2, 0.25) is 17.4 Å². The van der Waals surface area contributed by atoms with Crippen molar-refractivity contribution in [3.8, 4) is 0 Å². The van der Waals surface area contributed by atoms with E-state index in [-0.39, 0.29) is 37.2 Å². The molecule has 0 aromatic heterocycles. The van der Waals surface area contributed by atoms with Crippen molar-refractivity contribution >= 4 is 35.6 Å². The van der Waals surface area contributed by atoms with Crippen molar-refractivity contribution in [1.82, 2.24) is 15.1 Å². The van der Waals surface area contributed by atoms with Gasteiger partial charge in [0.05, 0.1) is 0 Å². The van der Waals surface area contributed by atoms with Crippen LogP contribution in [0.3, 0.4) is 0 Å². The summed E-state index contributed by atoms with van der Waals surface area (Å²) in [5, 5.41) is 13.8. The van der Waals surface area contributed by atoms with E-state index in [0.29, 0.717) is 26.6 Å². The number of carbonyl (C=O) groups is 5. The lowest BCUT2D eigenvalue weighted by Crippen LogP contribution is -2.53. The third-order valence-electron chi connectivity index (χ3n) is 8.47. The molecule has 15 heteroatoms. The van der Waals surface area contributed by atoms with Crippen LogP contribution < -0.4 is 10.6 Å². The molecular formula is C31H32F4N4O7. The van der Waals surface area contributed by atoms with Gasteiger partial charge in [-0.2, -0.15) is 13.2 Å². The summed E-state index contributed by atoms with van der Waals surface area (Å²) < 4.78 is 61.7. The van der Waals surface area contributed by atoms with Gasteiger partial charge >= 0.3 is 18.4 Å². The highest BCUT2D eigenvalue weighted by molar-refractivity contribution is 6.06. The van der Waals surface area contributed by atoms with Crippen LogP contribution in [-0.4, -0.2) is 69.6 Å². The van der Waals surface area contributed by atoms with Crippen LogP contribution in [0.25, 0.3) is 0 Å². The molecule has 3 N–H and O–H groups in total. The summed E-state index contributed by atoms with van der Waals surface area (Å²) in [5.74, 6) is -4.43. The summed E-state index contributed by atoms with van der Waals surface area (Å²) in [6, 6.07) is 5.93. The van der Waals surface area contributed by atoms with Crippen molar-refractivity contribution in [3.05, 3.63) is 65.0 Å². The molecule has 3 atom stereocenters. The summed E-state index contributed by atoms with van der Waals surface area (Å²) in [5.41, 5.74) is -0.414. The second-order valence-corrected chi connectivity index (χ2v) is 12.1. The number of nitrogens with zero attached hydrogens (tertiary/aromatic N) is 2. The van der Waals surface area contributed by atoms with Crippen LogP contribution in [0, 0.1) is 17.7 Å². The number of amides is 5. The maximum atomic E-state index is 14.2. The Morgan fingerprint density at radius 1 is 1.11 bits per heavy atom. The normalized spacial score (nSPS) is 20.4. The van der Waals surface area contributed by atoms with E-state index in [1.165, 1.54) is 24.3 Å². The fourth-order valence-corrected chi connectivity index (χ4v) is 6.08. The Labute approximate surface area is 260 Å². The molecular weight excluding hydrogens is 616 g/mol. The molecule has 1 unspecified atom stereocenters. The van der Waals surface area contributed by atoms with Gasteiger partial charge < -0.3 is 25.4 Å². The third kappa shape index (κ3) is 6.49. The van der Waals surface area contributed by atoms with Gasteiger partial charge in [-0.05, 0) is 66.5 Å². The number of imide groups is 1. The zero-order chi connectivity index (χ0) is 33.6. The molecule has 1 saturated heterocycles. The van der Waals surface area contributed by atoms with E-state index in [4.69, 9.17) is 9.84 Å². The van der Waals surface area contributed by atoms with Gasteiger partial charge in [-0.15, -0.1) is 0 Å². The largest absolute Gasteiger partial charge is 0.465 e. The Hall–Kier alpha value is -4.69. The fraction of sp³-hybridized carbons (Fsp3) is 0.452. The van der Waals surface area contributed by atoms with E-state index < -0.39 is 78.6 Å². The molecule has 3 aliphatic rings. The highest BCUT2D eigenvalue weighted by Crippen LogP contribution is 2.47. The van der Waals surface area contributed by atoms with Crippen molar-refractivity contribution in [2.45, 2.75) is 69.9 Å². The number of carbonyl (C=O) groups excluding carboxylic acids is 4. The van der Waals surface area contributed by atoms with Crippen LogP contribution in [-0.2, 0) is 37.7 Å². The number of fused-ring (bicyclic) bond motifs is 2. The SMILES string of the molecule is CC(C)[C@@H](NC(=O)O)C(=O)Nc1ccc2c(c1)CCC21OC(=O)N(CC(=O)N(Cc2ccc(F)cc2)[C@H](C2CC2)C(F)(F)F)C1=O. The van der Waals surface area contributed by atoms with Crippen LogP contribution in [0.4, 0.5) is 32.8 Å². The lowest BCUT2D eigenvalue weighted by molar-refractivity contribution is -0.196. The van der Waals surface area contributed by atoms with Crippen molar-refractivity contribution in [2.24, 2.45) is 11.8 Å². The standard InChI is InChI=1S/C31H32F4N4O7/c1-16(2)24(37-28(43)44)26(41)36-21-9-10-22-19(13-21)11-12-30(22)27(42)39(29(45)46-30)15-23(40)38(14-17-3-7-20(32)8-4-17)25(18-5-6-18)31(33,34)35/h3-4,7-10,13,16,18,24-25,37H,5-6,11-12,14-15H2,1-2H3,(H,36,41)(H,43,44)/t24-,25-,30?/m1/s1. The number of rotatable bonds is 10. The molecule has 2 aromatic carbocycles. The molecule has 2 aromatic rings. The van der Waals surface area contributed by atoms with Gasteiger partial charge in [-0.25, -0.2) is 18.9 Å². The Balaban J connectivity index is 1.35. The van der Waals surface area contributed by atoms with Crippen LogP contribution >= 0.6 is 0 Å². The first kappa shape index (κ1) is 32.7. The van der Waals surface area contributed by atoms with Gasteiger partial charge in [-0.3, -0.25) is 14.4 Å². The molecule has 0 radical (unpaired) electrons. The second kappa shape index (κ2) is 12.2. The lowest BCUT2D eigenvalue weighted by atomic mass is 9.94. The topological polar surface area (TPSA) is 145 Å². The number of halogens is 4. The van der Waals surface area contributed by atoms with Crippen molar-refractivity contribution in [2.75, 3.05) is 11.9 Å². The first-order valence-corrected chi connectivity index (χ1v) is 14.7. The summed E-state index contributed by atoms with van der Waals surface area (Å²) in [6.07, 6.45) is -6.61. The average Bonchev–Trinajstić information content (AvgIpc) is 3.69. The van der Waals surface area contributed by atoms with E-state index in [0.717, 1.165) is 12.1 Å². The predicted molar refractivity (Wildman–Crippen MR) is 153 cm³/mol. The average molecular weight is 649 g/mol. The van der Waals surface area contributed by atoms with Gasteiger partial charge in [0.15, 0.2) is 0 Å². The lowest BCUT2D eigenvalue weighted by Gasteiger charge is -2.34. The van der Waals surface area contributed by atoms with Crippen molar-refractivity contribution in [3.63, 3.8) is 0 Å². The summed E-state index contributed by atoms with van der Waals surface area (Å²) in [4.78, 5) is 65.2. The highest BCUT2D eigenvalue weighted by Gasteiger charge is 2.59. The van der Waals surface area contributed by atoms with Crippen LogP contribution in [0.15, 0.2) is 42.5 Å². The first-order valence-electron chi connectivity index (χ1n) is 14.7. The Bertz CT molecular complexity index is 1560. The minimum Gasteiger partial charge on any atom is -0.465 e. The van der Waals surface area contributed by atoms with Gasteiger partial charge in [0.1, 0.15) is 24.4 Å². The molecule has 11 nitrogen and oxygen atoms in total. The third-order valence-corrected chi connectivity index (χ3v) is 8.47. The van der Waals surface area contributed by atoms with E-state index in [1.54, 1.807) is 19.9 Å². The molecule has 1 saturated carbocycles. The van der Waals surface area contributed by atoms with Gasteiger partial charge in [0.25, 0.3) is 5.91 Å². The predicted octanol–water partition coefficient (Wildman–Crippen LogP) is 4.55. The van der Waals surface area contributed by atoms with Crippen molar-refractivity contribution in [1.29, 1.82) is 0 Å². The Kier molecular flexibility index (Phi) is 8.71. The Morgan fingerprint density at radius 3 is 2.37 bits per heavy atom. The maximum Gasteiger partial charge on any atom is 0.418 e. The summed E-state index contributed by atoms with van der Waals surface area (Å²) >= 11 is 0. The van der Waals surface area contributed by atoms with Crippen LogP contribution in [0.1, 0.15) is 49.8 Å². The number of nitrogens with one attached hydrogen (secondary N) is 2. The quantitative estimate of drug-likeness (QED) is 0.321. The second-order valence-electron chi connectivity index (χ2n) is 12.1. The molecule has 5 amide bonds. The maximum absolute atomic E-state index is 14.2. The minimum atomic E-state index is -4.79. The molecule has 1 heterocycles. The molecule has 2 fully saturated rings. The highest BCUT2D eigenvalue weighted by atomic mass is 19.4. The van der Waals surface area contributed by atoms with E-state index in [1.807, 2.05) is 0 Å². The monoisotopic (exact) mass is 648 g/mol. The number of hydrogen-bond acceptors (Lipinski definition) is 6. The number of aryl methyl sites for hydroxylation is 1. The van der Waals surface area contributed by atoms with Crippen LogP contribution in [0.2, 0.25) is 0 Å². The van der Waals surface area contributed by atoms with E-state index in [9.17, 15) is 41.5 Å². The minimum absolute atomic E-state index is 0.00324. The molecule has 246 valence electrons. The number of hydrogen-bond donors (Lipinski definition) is 3. The molecule has 5 rings (SSSR count). The molecule has 0 bridgehead atoms. The summed E-state index contributed by atoms with van der Waals surface area (Å²) in [6.45, 7) is 1.83. The van der Waals surface area contributed by atoms with Gasteiger partial charge in [0, 0.05) is 24.2 Å². The number of alkyl halides is 3. The van der Waals surface area contributed by atoms with Crippen molar-refractivity contribution < 1.29 is 51.4 Å². The molecule has 2 aliphatic carbocycles. The fourth-order valence-electron chi connectivity index (χ4n) is 6.08. The first-order chi connectivity index (χ1) is 21.6. The number of anilines is 1. The molecule has 1 aliphatic heterocycles. The van der Waals surface area contributed by atoms with E-state index >= 15 is 0 Å². The number of carboxylic acid groups (broad SMARTS) is 1. The van der Waals surface area contributed by atoms with Gasteiger partial charge in [-0.1, -0.05) is 32.0 Å². The molecule has 46 heavy (non-hydrogen) atoms. The van der Waals surface area contributed by atoms with E-state index in [2.05, 4.69) is 10.6 Å². The number of benzene rings is 2. The zero-order valence-electron chi connectivity index (χ0n) is 24.9. The Morgan fingerprint density at radius 2 is 1.78 bits per heavy atom. The summed E-state index contributed by atoms with van der Waals surface area (Å²) in [7, 11) is 0. The smallest absolute Gasteiger partial charge is 0.418 e. The molecule has 1 spiro atoms. The number of ether oxygens (including phenoxy) is 1. The zero-order valence-corrected chi connectivity index (χ0v) is 24.9.